The number of sulfonamides is 1. The van der Waals surface area contributed by atoms with Crippen molar-refractivity contribution >= 4 is 32.4 Å². The predicted molar refractivity (Wildman–Crippen MR) is 112 cm³/mol. The number of carbonyl (C=O) groups excluding carboxylic acids is 1. The zero-order chi connectivity index (χ0) is 21.0. The first-order valence-electron chi connectivity index (χ1n) is 8.88. The van der Waals surface area contributed by atoms with Gasteiger partial charge in [-0.25, -0.2) is 8.42 Å². The molecule has 3 aromatic rings. The summed E-state index contributed by atoms with van der Waals surface area (Å²) in [5.41, 5.74) is 0.462. The van der Waals surface area contributed by atoms with Crippen LogP contribution in [0.4, 0.5) is 5.69 Å². The van der Waals surface area contributed by atoms with Crippen LogP contribution in [0.15, 0.2) is 65.6 Å². The average Bonchev–Trinajstić information content (AvgIpc) is 2.72. The molecule has 29 heavy (non-hydrogen) atoms. The largest absolute Gasteiger partial charge is 0.493 e. The van der Waals surface area contributed by atoms with Crippen molar-refractivity contribution in [1.82, 2.24) is 4.72 Å². The van der Waals surface area contributed by atoms with Crippen LogP contribution in [-0.4, -0.2) is 34.6 Å². The highest BCUT2D eigenvalue weighted by Crippen LogP contribution is 2.29. The van der Waals surface area contributed by atoms with Crippen LogP contribution in [0.2, 0.25) is 0 Å². The van der Waals surface area contributed by atoms with Crippen LogP contribution in [0.1, 0.15) is 6.92 Å². The molecule has 0 spiro atoms. The summed E-state index contributed by atoms with van der Waals surface area (Å²) in [4.78, 5) is 12.6. The molecule has 152 valence electrons. The molecule has 0 saturated carbocycles. The van der Waals surface area contributed by atoms with E-state index in [2.05, 4.69) is 10.0 Å². The number of carbonyl (C=O) groups is 1. The fourth-order valence-electron chi connectivity index (χ4n) is 2.85. The standard InChI is InChI=1S/C21H22N2O5S/c1-14(21(24)22-17-9-11-19(27-2)20(13-17)28-3)23-29(25,26)18-10-8-15-6-4-5-7-16(15)12-18/h4-14,23H,1-3H3,(H,22,24)/t14-/m1/s1. The molecule has 2 N–H and O–H groups in total. The Morgan fingerprint density at radius 1 is 0.897 bits per heavy atom. The monoisotopic (exact) mass is 414 g/mol. The van der Waals surface area contributed by atoms with Crippen LogP contribution in [0, 0.1) is 0 Å². The van der Waals surface area contributed by atoms with E-state index < -0.39 is 22.0 Å². The summed E-state index contributed by atoms with van der Waals surface area (Å²) in [6.07, 6.45) is 0. The molecule has 7 nitrogen and oxygen atoms in total. The Morgan fingerprint density at radius 3 is 2.28 bits per heavy atom. The maximum atomic E-state index is 12.7. The third kappa shape index (κ3) is 4.67. The molecule has 1 atom stereocenters. The van der Waals surface area contributed by atoms with Gasteiger partial charge in [0.25, 0.3) is 0 Å². The minimum atomic E-state index is -3.87. The molecule has 0 aliphatic carbocycles. The number of ether oxygens (including phenoxy) is 2. The third-order valence-electron chi connectivity index (χ3n) is 4.41. The second-order valence-electron chi connectivity index (χ2n) is 6.41. The molecule has 0 aliphatic heterocycles. The van der Waals surface area contributed by atoms with Gasteiger partial charge in [-0.05, 0) is 42.0 Å². The van der Waals surface area contributed by atoms with E-state index in [4.69, 9.17) is 9.47 Å². The van der Waals surface area contributed by atoms with Crippen molar-refractivity contribution in [1.29, 1.82) is 0 Å². The average molecular weight is 414 g/mol. The summed E-state index contributed by atoms with van der Waals surface area (Å²) in [5.74, 6) is 0.479. The predicted octanol–water partition coefficient (Wildman–Crippen LogP) is 3.16. The molecule has 0 saturated heterocycles. The SMILES string of the molecule is COc1ccc(NC(=O)[C@@H](C)NS(=O)(=O)c2ccc3ccccc3c2)cc1OC. The maximum Gasteiger partial charge on any atom is 0.242 e. The van der Waals surface area contributed by atoms with E-state index in [1.54, 1.807) is 30.3 Å². The van der Waals surface area contributed by atoms with Crippen LogP contribution < -0.4 is 19.5 Å². The van der Waals surface area contributed by atoms with Gasteiger partial charge >= 0.3 is 0 Å². The molecular weight excluding hydrogens is 392 g/mol. The molecule has 0 aliphatic rings. The fourth-order valence-corrected chi connectivity index (χ4v) is 4.09. The first-order chi connectivity index (χ1) is 13.8. The molecule has 0 radical (unpaired) electrons. The highest BCUT2D eigenvalue weighted by molar-refractivity contribution is 7.89. The Hall–Kier alpha value is -3.10. The molecular formula is C21H22N2O5S. The van der Waals surface area contributed by atoms with Crippen molar-refractivity contribution in [3.05, 3.63) is 60.7 Å². The highest BCUT2D eigenvalue weighted by Gasteiger charge is 2.22. The van der Waals surface area contributed by atoms with E-state index in [0.717, 1.165) is 10.8 Å². The summed E-state index contributed by atoms with van der Waals surface area (Å²) in [7, 11) is -0.864. The minimum absolute atomic E-state index is 0.0990. The maximum absolute atomic E-state index is 12.7. The summed E-state index contributed by atoms with van der Waals surface area (Å²) < 4.78 is 38.2. The number of nitrogens with one attached hydrogen (secondary N) is 2. The number of rotatable bonds is 7. The van der Waals surface area contributed by atoms with E-state index in [0.29, 0.717) is 17.2 Å². The van der Waals surface area contributed by atoms with Gasteiger partial charge in [0.15, 0.2) is 11.5 Å². The molecule has 0 fully saturated rings. The van der Waals surface area contributed by atoms with E-state index in [9.17, 15) is 13.2 Å². The Balaban J connectivity index is 1.74. The first kappa shape index (κ1) is 20.6. The minimum Gasteiger partial charge on any atom is -0.493 e. The quantitative estimate of drug-likeness (QED) is 0.619. The molecule has 0 heterocycles. The second-order valence-corrected chi connectivity index (χ2v) is 8.12. The molecule has 3 rings (SSSR count). The van der Waals surface area contributed by atoms with Crippen LogP contribution in [0.5, 0.6) is 11.5 Å². The van der Waals surface area contributed by atoms with E-state index in [1.807, 2.05) is 24.3 Å². The lowest BCUT2D eigenvalue weighted by Crippen LogP contribution is -2.41. The Kier molecular flexibility index (Phi) is 6.05. The number of fused-ring (bicyclic) bond motifs is 1. The third-order valence-corrected chi connectivity index (χ3v) is 5.95. The van der Waals surface area contributed by atoms with Crippen molar-refractivity contribution in [3.8, 4) is 11.5 Å². The van der Waals surface area contributed by atoms with Gasteiger partial charge in [0, 0.05) is 11.8 Å². The normalized spacial score (nSPS) is 12.4. The van der Waals surface area contributed by atoms with Gasteiger partial charge in [-0.1, -0.05) is 30.3 Å². The molecule has 0 unspecified atom stereocenters. The van der Waals surface area contributed by atoms with Crippen LogP contribution in [0.25, 0.3) is 10.8 Å². The smallest absolute Gasteiger partial charge is 0.242 e. The van der Waals surface area contributed by atoms with Crippen molar-refractivity contribution < 1.29 is 22.7 Å². The van der Waals surface area contributed by atoms with E-state index >= 15 is 0 Å². The van der Waals surface area contributed by atoms with Crippen LogP contribution in [-0.2, 0) is 14.8 Å². The van der Waals surface area contributed by atoms with Gasteiger partial charge in [-0.2, -0.15) is 4.72 Å². The Labute approximate surface area is 169 Å². The summed E-state index contributed by atoms with van der Waals surface area (Å²) in [6, 6.07) is 16.2. The summed E-state index contributed by atoms with van der Waals surface area (Å²) in [6.45, 7) is 1.48. The van der Waals surface area contributed by atoms with Gasteiger partial charge in [-0.3, -0.25) is 4.79 Å². The topological polar surface area (TPSA) is 93.7 Å². The number of methoxy groups -OCH3 is 2. The van der Waals surface area contributed by atoms with Crippen LogP contribution in [0.3, 0.4) is 0 Å². The molecule has 0 bridgehead atoms. The first-order valence-corrected chi connectivity index (χ1v) is 10.4. The molecule has 8 heteroatoms. The van der Waals surface area contributed by atoms with Gasteiger partial charge in [0.1, 0.15) is 0 Å². The highest BCUT2D eigenvalue weighted by atomic mass is 32.2. The zero-order valence-electron chi connectivity index (χ0n) is 16.3. The van der Waals surface area contributed by atoms with Crippen molar-refractivity contribution in [2.75, 3.05) is 19.5 Å². The number of amides is 1. The Bertz CT molecular complexity index is 1140. The lowest BCUT2D eigenvalue weighted by Gasteiger charge is -2.16. The number of benzene rings is 3. The van der Waals surface area contributed by atoms with Crippen molar-refractivity contribution in [2.24, 2.45) is 0 Å². The number of hydrogen-bond acceptors (Lipinski definition) is 5. The van der Waals surface area contributed by atoms with Gasteiger partial charge < -0.3 is 14.8 Å². The van der Waals surface area contributed by atoms with E-state index in [1.165, 1.54) is 27.2 Å². The molecule has 0 aromatic heterocycles. The molecule has 1 amide bonds. The fraction of sp³-hybridized carbons (Fsp3) is 0.190. The summed E-state index contributed by atoms with van der Waals surface area (Å²) in [5, 5.41) is 4.41. The lowest BCUT2D eigenvalue weighted by molar-refractivity contribution is -0.117. The van der Waals surface area contributed by atoms with Gasteiger partial charge in [0.2, 0.25) is 15.9 Å². The van der Waals surface area contributed by atoms with E-state index in [-0.39, 0.29) is 4.90 Å². The lowest BCUT2D eigenvalue weighted by atomic mass is 10.1. The van der Waals surface area contributed by atoms with Crippen molar-refractivity contribution in [2.45, 2.75) is 17.9 Å². The number of hydrogen-bond donors (Lipinski definition) is 2. The summed E-state index contributed by atoms with van der Waals surface area (Å²) >= 11 is 0. The Morgan fingerprint density at radius 2 is 1.59 bits per heavy atom. The van der Waals surface area contributed by atoms with Gasteiger partial charge in [0.05, 0.1) is 25.2 Å². The number of anilines is 1. The molecule has 3 aromatic carbocycles. The van der Waals surface area contributed by atoms with Gasteiger partial charge in [-0.15, -0.1) is 0 Å². The second kappa shape index (κ2) is 8.50. The zero-order valence-corrected chi connectivity index (χ0v) is 17.1. The van der Waals surface area contributed by atoms with Crippen LogP contribution >= 0.6 is 0 Å². The van der Waals surface area contributed by atoms with Crippen molar-refractivity contribution in [3.63, 3.8) is 0 Å².